The fraction of sp³-hybridized carbons (Fsp3) is 0.667. The molecule has 0 saturated heterocycles. The van der Waals surface area contributed by atoms with Gasteiger partial charge in [0.15, 0.2) is 0 Å². The molecule has 0 aliphatic heterocycles. The number of hydrogen-bond acceptors (Lipinski definition) is 8. The average molecular weight is 354 g/mol. The minimum atomic E-state index is -1.16. The summed E-state index contributed by atoms with van der Waals surface area (Å²) in [6.07, 6.45) is 0.833. The van der Waals surface area contributed by atoms with Crippen LogP contribution in [-0.4, -0.2) is 94.6 Å². The maximum Gasteiger partial charge on any atom is 0.327 e. The Morgan fingerprint density at radius 3 is 1.12 bits per heavy atom. The fourth-order valence-electron chi connectivity index (χ4n) is 1.06. The Morgan fingerprint density at radius 1 is 0.792 bits per heavy atom. The van der Waals surface area contributed by atoms with Crippen molar-refractivity contribution in [1.82, 2.24) is 0 Å². The predicted molar refractivity (Wildman–Crippen MR) is 87.3 cm³/mol. The standard InChI is InChI=1S/C10H22O7.C3H4O2.C2H4/c11-1-9(2-12,3-13)7-17-8-10(4-14,5-15)6-16;1-2-3(4)5;1-2/h11-16H,1-8H2;2H,1H2,(H,4,5);1-2H2. The molecule has 0 spiro atoms. The molecule has 0 amide bonds. The molecular formula is C15H30O9. The molecule has 0 radical (unpaired) electrons. The Morgan fingerprint density at radius 2 is 1.00 bits per heavy atom. The van der Waals surface area contributed by atoms with Crippen LogP contribution in [0, 0.1) is 10.8 Å². The smallest absolute Gasteiger partial charge is 0.327 e. The van der Waals surface area contributed by atoms with Crippen LogP contribution in [0.1, 0.15) is 0 Å². The van der Waals surface area contributed by atoms with Gasteiger partial charge in [-0.3, -0.25) is 0 Å². The van der Waals surface area contributed by atoms with E-state index in [0.717, 1.165) is 6.08 Å². The number of aliphatic hydroxyl groups excluding tert-OH is 6. The maximum absolute atomic E-state index is 9.25. The Balaban J connectivity index is -0.000000534. The summed E-state index contributed by atoms with van der Waals surface area (Å²) in [5.74, 6) is -0.981. The molecule has 0 atom stereocenters. The number of aliphatic carboxylic acids is 1. The fourth-order valence-corrected chi connectivity index (χ4v) is 1.06. The monoisotopic (exact) mass is 354 g/mol. The maximum atomic E-state index is 9.25. The van der Waals surface area contributed by atoms with Crippen LogP contribution < -0.4 is 0 Å². The van der Waals surface area contributed by atoms with E-state index in [2.05, 4.69) is 19.7 Å². The summed E-state index contributed by atoms with van der Waals surface area (Å²) in [4.78, 5) is 9.25. The highest BCUT2D eigenvalue weighted by molar-refractivity contribution is 5.78. The van der Waals surface area contributed by atoms with E-state index < -0.39 is 56.4 Å². The zero-order valence-corrected chi connectivity index (χ0v) is 13.8. The lowest BCUT2D eigenvalue weighted by molar-refractivity contribution is -0.131. The molecule has 0 rings (SSSR count). The van der Waals surface area contributed by atoms with Crippen molar-refractivity contribution < 1.29 is 45.3 Å². The molecule has 0 aromatic heterocycles. The van der Waals surface area contributed by atoms with E-state index in [-0.39, 0.29) is 13.2 Å². The van der Waals surface area contributed by atoms with E-state index >= 15 is 0 Å². The predicted octanol–water partition coefficient (Wildman–Crippen LogP) is -2.01. The van der Waals surface area contributed by atoms with Crippen molar-refractivity contribution in [2.24, 2.45) is 10.8 Å². The second-order valence-corrected chi connectivity index (χ2v) is 4.98. The molecule has 0 aromatic rings. The Labute approximate surface area is 141 Å². The molecule has 7 N–H and O–H groups in total. The molecule has 0 aromatic carbocycles. The van der Waals surface area contributed by atoms with Crippen molar-refractivity contribution in [3.63, 3.8) is 0 Å². The molecule has 9 heteroatoms. The summed E-state index contributed by atoms with van der Waals surface area (Å²) in [7, 11) is 0. The van der Waals surface area contributed by atoms with Crippen LogP contribution in [0.15, 0.2) is 25.8 Å². The summed E-state index contributed by atoms with van der Waals surface area (Å²) < 4.78 is 5.15. The van der Waals surface area contributed by atoms with E-state index in [4.69, 9.17) is 40.5 Å². The van der Waals surface area contributed by atoms with Gasteiger partial charge in [0.2, 0.25) is 0 Å². The van der Waals surface area contributed by atoms with Crippen LogP contribution >= 0.6 is 0 Å². The third kappa shape index (κ3) is 11.2. The molecule has 0 fully saturated rings. The number of carboxylic acid groups (broad SMARTS) is 1. The average Bonchev–Trinajstić information content (AvgIpc) is 2.65. The molecular weight excluding hydrogens is 324 g/mol. The number of hydrogen-bond donors (Lipinski definition) is 7. The molecule has 24 heavy (non-hydrogen) atoms. The lowest BCUT2D eigenvalue weighted by Gasteiger charge is -2.31. The number of aliphatic hydroxyl groups is 6. The number of ether oxygens (including phenoxy) is 1. The van der Waals surface area contributed by atoms with Gasteiger partial charge in [-0.05, 0) is 0 Å². The minimum Gasteiger partial charge on any atom is -0.478 e. The van der Waals surface area contributed by atoms with Crippen LogP contribution in [0.25, 0.3) is 0 Å². The van der Waals surface area contributed by atoms with Gasteiger partial charge in [-0.2, -0.15) is 0 Å². The molecule has 144 valence electrons. The second-order valence-electron chi connectivity index (χ2n) is 4.98. The first kappa shape index (κ1) is 27.5. The van der Waals surface area contributed by atoms with Crippen LogP contribution in [0.2, 0.25) is 0 Å². The number of rotatable bonds is 11. The van der Waals surface area contributed by atoms with Crippen molar-refractivity contribution in [1.29, 1.82) is 0 Å². The number of carbonyl (C=O) groups is 1. The molecule has 0 aliphatic carbocycles. The number of carboxylic acids is 1. The van der Waals surface area contributed by atoms with E-state index in [1.165, 1.54) is 0 Å². The van der Waals surface area contributed by atoms with Crippen molar-refractivity contribution in [3.05, 3.63) is 25.8 Å². The first-order chi connectivity index (χ1) is 11.3. The van der Waals surface area contributed by atoms with Crippen molar-refractivity contribution in [2.75, 3.05) is 52.9 Å². The van der Waals surface area contributed by atoms with Gasteiger partial charge in [0.25, 0.3) is 0 Å². The van der Waals surface area contributed by atoms with E-state index in [1.807, 2.05) is 0 Å². The summed E-state index contributed by atoms with van der Waals surface area (Å²) in [5.41, 5.74) is -2.32. The highest BCUT2D eigenvalue weighted by Crippen LogP contribution is 2.19. The first-order valence-electron chi connectivity index (χ1n) is 6.93. The third-order valence-electron chi connectivity index (χ3n) is 3.00. The van der Waals surface area contributed by atoms with Crippen molar-refractivity contribution in [3.8, 4) is 0 Å². The van der Waals surface area contributed by atoms with Crippen LogP contribution in [0.3, 0.4) is 0 Å². The molecule has 0 heterocycles. The summed E-state index contributed by atoms with van der Waals surface area (Å²) in [6.45, 7) is 5.96. The lowest BCUT2D eigenvalue weighted by atomic mass is 9.91. The highest BCUT2D eigenvalue weighted by Gasteiger charge is 2.32. The molecule has 0 bridgehead atoms. The Kier molecular flexibility index (Phi) is 18.9. The Hall–Kier alpha value is -1.33. The van der Waals surface area contributed by atoms with Gasteiger partial charge in [0.1, 0.15) is 0 Å². The van der Waals surface area contributed by atoms with Gasteiger partial charge < -0.3 is 40.5 Å². The SMILES string of the molecule is C=C.C=CC(=O)O.OCC(CO)(CO)COCC(CO)(CO)CO. The van der Waals surface area contributed by atoms with E-state index in [1.54, 1.807) is 0 Å². The zero-order valence-electron chi connectivity index (χ0n) is 13.8. The Bertz CT molecular complexity index is 276. The van der Waals surface area contributed by atoms with Gasteiger partial charge in [0.05, 0.1) is 63.7 Å². The van der Waals surface area contributed by atoms with Crippen LogP contribution in [0.5, 0.6) is 0 Å². The van der Waals surface area contributed by atoms with Crippen molar-refractivity contribution in [2.45, 2.75) is 0 Å². The molecule has 0 aliphatic rings. The molecule has 0 saturated carbocycles. The topological polar surface area (TPSA) is 168 Å². The minimum absolute atomic E-state index is 0.141. The van der Waals surface area contributed by atoms with Crippen LogP contribution in [0.4, 0.5) is 0 Å². The van der Waals surface area contributed by atoms with Gasteiger partial charge in [-0.15, -0.1) is 13.2 Å². The summed E-state index contributed by atoms with van der Waals surface area (Å²) in [5, 5.41) is 61.8. The molecule has 9 nitrogen and oxygen atoms in total. The molecule has 0 unspecified atom stereocenters. The highest BCUT2D eigenvalue weighted by atomic mass is 16.5. The van der Waals surface area contributed by atoms with E-state index in [0.29, 0.717) is 0 Å². The quantitative estimate of drug-likeness (QED) is 0.164. The summed E-state index contributed by atoms with van der Waals surface area (Å²) >= 11 is 0. The van der Waals surface area contributed by atoms with Gasteiger partial charge in [-0.1, -0.05) is 6.58 Å². The largest absolute Gasteiger partial charge is 0.478 e. The van der Waals surface area contributed by atoms with Crippen LogP contribution in [-0.2, 0) is 9.53 Å². The first-order valence-corrected chi connectivity index (χ1v) is 6.93. The van der Waals surface area contributed by atoms with Crippen molar-refractivity contribution >= 4 is 5.97 Å². The lowest BCUT2D eigenvalue weighted by Crippen LogP contribution is -2.43. The third-order valence-corrected chi connectivity index (χ3v) is 3.00. The second kappa shape index (κ2) is 16.5. The summed E-state index contributed by atoms with van der Waals surface area (Å²) in [6, 6.07) is 0. The van der Waals surface area contributed by atoms with Gasteiger partial charge in [0, 0.05) is 6.08 Å². The zero-order chi connectivity index (χ0) is 19.6. The normalized spacial score (nSPS) is 10.8. The van der Waals surface area contributed by atoms with Gasteiger partial charge in [-0.25, -0.2) is 4.79 Å². The van der Waals surface area contributed by atoms with Gasteiger partial charge >= 0.3 is 5.97 Å². The van der Waals surface area contributed by atoms with E-state index in [9.17, 15) is 4.79 Å².